The fourth-order valence-electron chi connectivity index (χ4n) is 1.59. The first-order chi connectivity index (χ1) is 7.81. The van der Waals surface area contributed by atoms with Crippen LogP contribution in [-0.2, 0) is 4.74 Å². The van der Waals surface area contributed by atoms with E-state index in [2.05, 4.69) is 16.9 Å². The predicted molar refractivity (Wildman–Crippen MR) is 70.1 cm³/mol. The minimum absolute atomic E-state index is 0.0496. The zero-order valence-corrected chi connectivity index (χ0v) is 10.0. The summed E-state index contributed by atoms with van der Waals surface area (Å²) >= 11 is 5.02. The van der Waals surface area contributed by atoms with Gasteiger partial charge < -0.3 is 4.74 Å². The second-order valence-corrected chi connectivity index (χ2v) is 4.06. The zero-order valence-electron chi connectivity index (χ0n) is 9.22. The molecule has 0 aromatic heterocycles. The van der Waals surface area contributed by atoms with E-state index in [1.54, 1.807) is 0 Å². The molecule has 0 fully saturated rings. The Morgan fingerprint density at radius 3 is 3.06 bits per heavy atom. The quantitative estimate of drug-likeness (QED) is 0.555. The van der Waals surface area contributed by atoms with Crippen molar-refractivity contribution in [3.63, 3.8) is 0 Å². The topological polar surface area (TPSA) is 34.0 Å². The van der Waals surface area contributed by atoms with Crippen LogP contribution < -0.4 is 0 Å². The summed E-state index contributed by atoms with van der Waals surface area (Å²) in [6.45, 7) is 2.83. The molecular weight excluding hydrogens is 220 g/mol. The van der Waals surface area contributed by atoms with Crippen LogP contribution in [0, 0.1) is 5.92 Å². The van der Waals surface area contributed by atoms with Crippen molar-refractivity contribution >= 4 is 28.9 Å². The molecule has 0 spiro atoms. The minimum atomic E-state index is 0.0496. The van der Waals surface area contributed by atoms with Crippen molar-refractivity contribution in [3.05, 3.63) is 24.3 Å². The van der Waals surface area contributed by atoms with E-state index < -0.39 is 0 Å². The zero-order chi connectivity index (χ0) is 11.4. The number of nitrogens with zero attached hydrogens (tertiary/aromatic N) is 2. The number of hydrogen-bond donors (Lipinski definition) is 0. The molecule has 0 aromatic carbocycles. The fourth-order valence-corrected chi connectivity index (χ4v) is 1.79. The van der Waals surface area contributed by atoms with E-state index in [1.807, 2.05) is 24.3 Å². The van der Waals surface area contributed by atoms with Crippen molar-refractivity contribution in [1.82, 2.24) is 0 Å². The van der Waals surface area contributed by atoms with Crippen LogP contribution in [0.4, 0.5) is 0 Å². The molecule has 16 heavy (non-hydrogen) atoms. The molecule has 0 aromatic rings. The first-order valence-corrected chi connectivity index (χ1v) is 5.91. The predicted octanol–water partition coefficient (Wildman–Crippen LogP) is 2.68. The molecule has 4 heteroatoms. The molecule has 1 unspecified atom stereocenters. The summed E-state index contributed by atoms with van der Waals surface area (Å²) in [6, 6.07) is 0. The number of rotatable bonds is 3. The lowest BCUT2D eigenvalue weighted by molar-refractivity contribution is 0.286. The monoisotopic (exact) mass is 234 g/mol. The fraction of sp³-hybridized carbons (Fsp3) is 0.417. The third-order valence-electron chi connectivity index (χ3n) is 2.44. The highest BCUT2D eigenvalue weighted by Gasteiger charge is 2.25. The summed E-state index contributed by atoms with van der Waals surface area (Å²) in [5, 5.41) is 0.359. The van der Waals surface area contributed by atoms with Gasteiger partial charge in [0.05, 0.1) is 18.2 Å². The van der Waals surface area contributed by atoms with E-state index in [-0.39, 0.29) is 5.92 Å². The van der Waals surface area contributed by atoms with E-state index in [9.17, 15) is 0 Å². The van der Waals surface area contributed by atoms with Crippen molar-refractivity contribution in [2.45, 2.75) is 19.8 Å². The summed E-state index contributed by atoms with van der Waals surface area (Å²) in [7, 11) is 0. The maximum absolute atomic E-state index is 5.66. The standard InChI is InChI=1S/C12H14N2OS/c1-2-3-8-15-11-9-6-4-5-7-10(9)13-12(16)14-11/h4-7,9H,2-3,8H2,1H3. The Hall–Kier alpha value is -1.29. The largest absolute Gasteiger partial charge is 0.480 e. The lowest BCUT2D eigenvalue weighted by atomic mass is 9.97. The molecule has 2 rings (SSSR count). The van der Waals surface area contributed by atoms with Crippen LogP contribution in [0.3, 0.4) is 0 Å². The van der Waals surface area contributed by atoms with Crippen molar-refractivity contribution in [1.29, 1.82) is 0 Å². The van der Waals surface area contributed by atoms with Gasteiger partial charge in [-0.25, -0.2) is 4.99 Å². The van der Waals surface area contributed by atoms with Gasteiger partial charge in [-0.05, 0) is 24.7 Å². The van der Waals surface area contributed by atoms with Crippen LogP contribution in [0.25, 0.3) is 0 Å². The Labute approximate surface area is 101 Å². The lowest BCUT2D eigenvalue weighted by Gasteiger charge is -2.21. The summed E-state index contributed by atoms with van der Waals surface area (Å²) in [4.78, 5) is 8.42. The molecule has 1 heterocycles. The smallest absolute Gasteiger partial charge is 0.222 e. The Bertz CT molecular complexity index is 407. The molecule has 0 bridgehead atoms. The highest BCUT2D eigenvalue weighted by Crippen LogP contribution is 2.18. The SMILES string of the molecule is CCCCOC1=NC(=S)N=C2C=CC=CC21. The number of ether oxygens (including phenoxy) is 1. The van der Waals surface area contributed by atoms with E-state index in [1.165, 1.54) is 0 Å². The van der Waals surface area contributed by atoms with Crippen LogP contribution in [0.2, 0.25) is 0 Å². The number of fused-ring (bicyclic) bond motifs is 1. The van der Waals surface area contributed by atoms with Crippen LogP contribution in [-0.4, -0.2) is 23.3 Å². The molecule has 1 atom stereocenters. The molecule has 0 saturated carbocycles. The average Bonchev–Trinajstić information content (AvgIpc) is 2.29. The molecule has 0 amide bonds. The second kappa shape index (κ2) is 5.16. The number of hydrogen-bond acceptors (Lipinski definition) is 2. The molecule has 3 nitrogen and oxygen atoms in total. The van der Waals surface area contributed by atoms with Gasteiger partial charge in [0, 0.05) is 0 Å². The first-order valence-electron chi connectivity index (χ1n) is 5.50. The van der Waals surface area contributed by atoms with Gasteiger partial charge in [0.15, 0.2) is 0 Å². The molecule has 0 N–H and O–H groups in total. The lowest BCUT2D eigenvalue weighted by Crippen LogP contribution is -2.29. The van der Waals surface area contributed by atoms with Gasteiger partial charge in [0.25, 0.3) is 0 Å². The van der Waals surface area contributed by atoms with E-state index in [0.717, 1.165) is 18.6 Å². The maximum atomic E-state index is 5.66. The summed E-state index contributed by atoms with van der Waals surface area (Å²) in [5.74, 6) is 0.734. The van der Waals surface area contributed by atoms with Crippen molar-refractivity contribution in [2.24, 2.45) is 15.9 Å². The molecule has 2 aliphatic rings. The van der Waals surface area contributed by atoms with Crippen LogP contribution in [0.1, 0.15) is 19.8 Å². The molecule has 1 aliphatic carbocycles. The van der Waals surface area contributed by atoms with Crippen molar-refractivity contribution < 1.29 is 4.74 Å². The van der Waals surface area contributed by atoms with Gasteiger partial charge in [-0.1, -0.05) is 31.6 Å². The van der Waals surface area contributed by atoms with E-state index in [4.69, 9.17) is 17.0 Å². The van der Waals surface area contributed by atoms with Crippen molar-refractivity contribution in [3.8, 4) is 0 Å². The number of allylic oxidation sites excluding steroid dienone is 3. The maximum Gasteiger partial charge on any atom is 0.222 e. The molecule has 0 radical (unpaired) electrons. The van der Waals surface area contributed by atoms with Gasteiger partial charge in [-0.2, -0.15) is 4.99 Å². The number of unbranched alkanes of at least 4 members (excludes halogenated alkanes) is 1. The molecule has 1 aliphatic heterocycles. The minimum Gasteiger partial charge on any atom is -0.480 e. The second-order valence-electron chi connectivity index (χ2n) is 3.69. The summed E-state index contributed by atoms with van der Waals surface area (Å²) < 4.78 is 5.66. The normalized spacial score (nSPS) is 22.6. The third kappa shape index (κ3) is 2.44. The number of aliphatic imine (C=N–C) groups is 2. The first kappa shape index (κ1) is 11.2. The average molecular weight is 234 g/mol. The van der Waals surface area contributed by atoms with E-state index in [0.29, 0.717) is 17.6 Å². The molecule has 84 valence electrons. The van der Waals surface area contributed by atoms with Crippen LogP contribution >= 0.6 is 12.2 Å². The summed E-state index contributed by atoms with van der Waals surface area (Å²) in [6.07, 6.45) is 10.1. The van der Waals surface area contributed by atoms with Crippen molar-refractivity contribution in [2.75, 3.05) is 6.61 Å². The molecule has 0 saturated heterocycles. The Morgan fingerprint density at radius 2 is 2.25 bits per heavy atom. The van der Waals surface area contributed by atoms with E-state index >= 15 is 0 Å². The molecular formula is C12H14N2OS. The number of thiocarbonyl (C=S) groups is 1. The van der Waals surface area contributed by atoms with Gasteiger partial charge >= 0.3 is 0 Å². The van der Waals surface area contributed by atoms with Gasteiger partial charge in [0.1, 0.15) is 0 Å². The van der Waals surface area contributed by atoms with Crippen LogP contribution in [0.15, 0.2) is 34.3 Å². The third-order valence-corrected chi connectivity index (χ3v) is 2.63. The highest BCUT2D eigenvalue weighted by atomic mass is 32.1. The Balaban J connectivity index is 2.09. The highest BCUT2D eigenvalue weighted by molar-refractivity contribution is 7.80. The summed E-state index contributed by atoms with van der Waals surface area (Å²) in [5.41, 5.74) is 0.925. The van der Waals surface area contributed by atoms with Crippen LogP contribution in [0.5, 0.6) is 0 Å². The van der Waals surface area contributed by atoms with Gasteiger partial charge in [0.2, 0.25) is 11.0 Å². The Kier molecular flexibility index (Phi) is 3.62. The van der Waals surface area contributed by atoms with Gasteiger partial charge in [-0.3, -0.25) is 0 Å². The Morgan fingerprint density at radius 1 is 1.38 bits per heavy atom. The van der Waals surface area contributed by atoms with Gasteiger partial charge in [-0.15, -0.1) is 0 Å².